The van der Waals surface area contributed by atoms with Gasteiger partial charge in [0.25, 0.3) is 0 Å². The summed E-state index contributed by atoms with van der Waals surface area (Å²) >= 11 is 4.05. The van der Waals surface area contributed by atoms with Crippen molar-refractivity contribution in [3.8, 4) is 0 Å². The molecule has 1 unspecified atom stereocenters. The van der Waals surface area contributed by atoms with E-state index < -0.39 is 0 Å². The van der Waals surface area contributed by atoms with Gasteiger partial charge in [0.1, 0.15) is 11.6 Å². The van der Waals surface area contributed by atoms with Crippen LogP contribution in [0.4, 0.5) is 5.82 Å². The van der Waals surface area contributed by atoms with Gasteiger partial charge in [-0.25, -0.2) is 9.97 Å². The summed E-state index contributed by atoms with van der Waals surface area (Å²) in [5.41, 5.74) is 1.28. The maximum atomic E-state index is 4.94. The van der Waals surface area contributed by atoms with Crippen LogP contribution in [0.25, 0.3) is 0 Å². The minimum Gasteiger partial charge on any atom is -0.370 e. The maximum absolute atomic E-state index is 4.94. The summed E-state index contributed by atoms with van der Waals surface area (Å²) in [5.74, 6) is 6.39. The van der Waals surface area contributed by atoms with Crippen molar-refractivity contribution < 1.29 is 0 Å². The molecule has 110 valence electrons. The minimum atomic E-state index is 0.479. The van der Waals surface area contributed by atoms with E-state index in [2.05, 4.69) is 18.3 Å². The number of rotatable bonds is 4. The SMILES string of the molecule is CCNc1cc(C2CCCC2)nc(C2CSCCS2)n1. The van der Waals surface area contributed by atoms with Crippen LogP contribution in [0, 0.1) is 0 Å². The highest BCUT2D eigenvalue weighted by Gasteiger charge is 2.24. The molecule has 5 heteroatoms. The third-order valence-electron chi connectivity index (χ3n) is 4.00. The molecule has 1 saturated heterocycles. The summed E-state index contributed by atoms with van der Waals surface area (Å²) in [6.07, 6.45) is 5.31. The largest absolute Gasteiger partial charge is 0.370 e. The molecule has 1 N–H and O–H groups in total. The van der Waals surface area contributed by atoms with E-state index in [-0.39, 0.29) is 0 Å². The van der Waals surface area contributed by atoms with Crippen molar-refractivity contribution in [1.29, 1.82) is 0 Å². The van der Waals surface area contributed by atoms with Gasteiger partial charge in [-0.1, -0.05) is 12.8 Å². The Hall–Kier alpha value is -0.420. The van der Waals surface area contributed by atoms with E-state index in [9.17, 15) is 0 Å². The molecule has 1 aliphatic heterocycles. The molecule has 0 amide bonds. The second-order valence-electron chi connectivity index (χ2n) is 5.48. The second-order valence-corrected chi connectivity index (χ2v) is 7.94. The fourth-order valence-electron chi connectivity index (χ4n) is 2.97. The summed E-state index contributed by atoms with van der Waals surface area (Å²) in [6.45, 7) is 3.05. The lowest BCUT2D eigenvalue weighted by atomic mass is 10.0. The lowest BCUT2D eigenvalue weighted by molar-refractivity contribution is 0.684. The predicted molar refractivity (Wildman–Crippen MR) is 89.9 cm³/mol. The van der Waals surface area contributed by atoms with Crippen LogP contribution >= 0.6 is 23.5 Å². The topological polar surface area (TPSA) is 37.8 Å². The molecule has 20 heavy (non-hydrogen) atoms. The van der Waals surface area contributed by atoms with Crippen LogP contribution in [0.3, 0.4) is 0 Å². The average Bonchev–Trinajstić information content (AvgIpc) is 3.02. The van der Waals surface area contributed by atoms with Gasteiger partial charge >= 0.3 is 0 Å². The number of anilines is 1. The van der Waals surface area contributed by atoms with Crippen LogP contribution in [0.2, 0.25) is 0 Å². The monoisotopic (exact) mass is 309 g/mol. The second kappa shape index (κ2) is 7.03. The van der Waals surface area contributed by atoms with Crippen molar-refractivity contribution in [3.63, 3.8) is 0 Å². The van der Waals surface area contributed by atoms with Gasteiger partial charge in [0.05, 0.1) is 5.25 Å². The van der Waals surface area contributed by atoms with Gasteiger partial charge in [0.2, 0.25) is 0 Å². The molecule has 2 heterocycles. The molecular weight excluding hydrogens is 286 g/mol. The minimum absolute atomic E-state index is 0.479. The van der Waals surface area contributed by atoms with Crippen LogP contribution in [-0.2, 0) is 0 Å². The van der Waals surface area contributed by atoms with Crippen LogP contribution in [0.15, 0.2) is 6.07 Å². The normalized spacial score (nSPS) is 23.9. The van der Waals surface area contributed by atoms with E-state index in [1.807, 2.05) is 23.5 Å². The standard InChI is InChI=1S/C15H23N3S2/c1-2-16-14-9-12(11-5-3-4-6-11)17-15(18-14)13-10-19-7-8-20-13/h9,11,13H,2-8,10H2,1H3,(H,16,17,18). The number of nitrogens with one attached hydrogen (secondary N) is 1. The van der Waals surface area contributed by atoms with E-state index in [0.29, 0.717) is 11.2 Å². The van der Waals surface area contributed by atoms with Crippen molar-refractivity contribution in [2.75, 3.05) is 29.1 Å². The predicted octanol–water partition coefficient (Wildman–Crippen LogP) is 4.09. The van der Waals surface area contributed by atoms with E-state index >= 15 is 0 Å². The zero-order valence-electron chi connectivity index (χ0n) is 12.1. The fourth-order valence-corrected chi connectivity index (χ4v) is 5.57. The van der Waals surface area contributed by atoms with Gasteiger partial charge in [-0.15, -0.1) is 11.8 Å². The summed E-state index contributed by atoms with van der Waals surface area (Å²) in [6, 6.07) is 2.18. The van der Waals surface area contributed by atoms with Gasteiger partial charge < -0.3 is 5.32 Å². The van der Waals surface area contributed by atoms with Gasteiger partial charge in [-0.3, -0.25) is 0 Å². The number of thioether (sulfide) groups is 2. The maximum Gasteiger partial charge on any atom is 0.144 e. The zero-order valence-corrected chi connectivity index (χ0v) is 13.7. The van der Waals surface area contributed by atoms with Crippen molar-refractivity contribution in [2.24, 2.45) is 0 Å². The first-order chi connectivity index (χ1) is 9.86. The van der Waals surface area contributed by atoms with E-state index in [1.54, 1.807) is 0 Å². The third-order valence-corrected chi connectivity index (χ3v) is 6.75. The molecule has 1 saturated carbocycles. The quantitative estimate of drug-likeness (QED) is 0.907. The lowest BCUT2D eigenvalue weighted by Crippen LogP contribution is -2.14. The first-order valence-electron chi connectivity index (χ1n) is 7.69. The number of hydrogen-bond donors (Lipinski definition) is 1. The zero-order chi connectivity index (χ0) is 13.8. The Kier molecular flexibility index (Phi) is 5.10. The first-order valence-corrected chi connectivity index (χ1v) is 9.89. The average molecular weight is 310 g/mol. The molecule has 2 aliphatic rings. The molecule has 1 aromatic rings. The molecule has 0 spiro atoms. The Bertz CT molecular complexity index is 441. The van der Waals surface area contributed by atoms with Gasteiger partial charge in [0, 0.05) is 41.5 Å². The molecule has 1 aliphatic carbocycles. The highest BCUT2D eigenvalue weighted by atomic mass is 32.2. The fraction of sp³-hybridized carbons (Fsp3) is 0.733. The Balaban J connectivity index is 1.86. The molecular formula is C15H23N3S2. The number of aromatic nitrogens is 2. The Morgan fingerprint density at radius 1 is 1.25 bits per heavy atom. The van der Waals surface area contributed by atoms with Gasteiger partial charge in [0.15, 0.2) is 0 Å². The van der Waals surface area contributed by atoms with Crippen LogP contribution < -0.4 is 5.32 Å². The Morgan fingerprint density at radius 3 is 2.80 bits per heavy atom. The Labute approximate surface area is 130 Å². The van der Waals surface area contributed by atoms with E-state index in [1.165, 1.54) is 42.9 Å². The molecule has 0 radical (unpaired) electrons. The highest BCUT2D eigenvalue weighted by Crippen LogP contribution is 2.38. The summed E-state index contributed by atoms with van der Waals surface area (Å²) in [4.78, 5) is 9.70. The highest BCUT2D eigenvalue weighted by molar-refractivity contribution is 8.06. The van der Waals surface area contributed by atoms with Crippen LogP contribution in [0.1, 0.15) is 55.3 Å². The van der Waals surface area contributed by atoms with Gasteiger partial charge in [-0.2, -0.15) is 11.8 Å². The molecule has 0 bridgehead atoms. The number of hydrogen-bond acceptors (Lipinski definition) is 5. The van der Waals surface area contributed by atoms with Crippen LogP contribution in [0.5, 0.6) is 0 Å². The molecule has 1 aromatic heterocycles. The molecule has 3 nitrogen and oxygen atoms in total. The summed E-state index contributed by atoms with van der Waals surface area (Å²) in [7, 11) is 0. The van der Waals surface area contributed by atoms with Gasteiger partial charge in [-0.05, 0) is 19.8 Å². The number of nitrogens with zero attached hydrogens (tertiary/aromatic N) is 2. The van der Waals surface area contributed by atoms with E-state index in [0.717, 1.165) is 23.9 Å². The molecule has 0 aromatic carbocycles. The summed E-state index contributed by atoms with van der Waals surface area (Å²) in [5, 5.41) is 3.86. The van der Waals surface area contributed by atoms with Crippen molar-refractivity contribution in [2.45, 2.75) is 43.8 Å². The lowest BCUT2D eigenvalue weighted by Gasteiger charge is -2.21. The summed E-state index contributed by atoms with van der Waals surface area (Å²) < 4.78 is 0. The molecule has 1 atom stereocenters. The van der Waals surface area contributed by atoms with Crippen molar-refractivity contribution >= 4 is 29.3 Å². The third kappa shape index (κ3) is 3.42. The van der Waals surface area contributed by atoms with E-state index in [4.69, 9.17) is 9.97 Å². The Morgan fingerprint density at radius 2 is 2.10 bits per heavy atom. The van der Waals surface area contributed by atoms with Crippen LogP contribution in [-0.4, -0.2) is 33.8 Å². The smallest absolute Gasteiger partial charge is 0.144 e. The first kappa shape index (κ1) is 14.5. The van der Waals surface area contributed by atoms with Crippen molar-refractivity contribution in [3.05, 3.63) is 17.6 Å². The van der Waals surface area contributed by atoms with Crippen molar-refractivity contribution in [1.82, 2.24) is 9.97 Å². The molecule has 3 rings (SSSR count). The molecule has 2 fully saturated rings.